The molecule has 1 atom stereocenters. The summed E-state index contributed by atoms with van der Waals surface area (Å²) in [6.07, 6.45) is 2.03. The molecule has 1 amide bonds. The van der Waals surface area contributed by atoms with Gasteiger partial charge >= 0.3 is 0 Å². The molecule has 0 aliphatic rings. The maximum atomic E-state index is 11.9. The number of nitrogen functional groups attached to an aromatic ring is 1. The first kappa shape index (κ1) is 15.1. The molecule has 0 bridgehead atoms. The summed E-state index contributed by atoms with van der Waals surface area (Å²) in [4.78, 5) is 15.9. The molecule has 7 heteroatoms. The highest BCUT2D eigenvalue weighted by Crippen LogP contribution is 2.16. The van der Waals surface area contributed by atoms with Crippen LogP contribution in [0.15, 0.2) is 12.1 Å². The third-order valence-electron chi connectivity index (χ3n) is 2.27. The quantitative estimate of drug-likeness (QED) is 0.549. The molecule has 0 aliphatic carbocycles. The van der Waals surface area contributed by atoms with Crippen molar-refractivity contribution in [1.82, 2.24) is 10.3 Å². The molecule has 1 rings (SSSR count). The minimum Gasteiger partial charge on any atom is -0.350 e. The van der Waals surface area contributed by atoms with E-state index in [9.17, 15) is 4.79 Å². The van der Waals surface area contributed by atoms with Crippen molar-refractivity contribution < 1.29 is 4.79 Å². The van der Waals surface area contributed by atoms with Crippen molar-refractivity contribution in [2.45, 2.75) is 6.92 Å². The molecule has 5 nitrogen and oxygen atoms in total. The van der Waals surface area contributed by atoms with E-state index in [4.69, 9.17) is 17.4 Å². The summed E-state index contributed by atoms with van der Waals surface area (Å²) < 4.78 is 0. The molecule has 18 heavy (non-hydrogen) atoms. The zero-order chi connectivity index (χ0) is 13.5. The van der Waals surface area contributed by atoms with Crippen molar-refractivity contribution in [2.24, 2.45) is 11.8 Å². The van der Waals surface area contributed by atoms with Crippen molar-refractivity contribution >= 4 is 35.1 Å². The SMILES string of the molecule is CSCC(C)CNC(=O)c1nc(NN)ccc1Cl. The third kappa shape index (κ3) is 4.36. The van der Waals surface area contributed by atoms with Gasteiger partial charge in [0.1, 0.15) is 11.5 Å². The Kier molecular flexibility index (Phi) is 6.24. The first-order chi connectivity index (χ1) is 8.58. The second-order valence-electron chi connectivity index (χ2n) is 3.94. The Balaban J connectivity index is 2.66. The lowest BCUT2D eigenvalue weighted by atomic mass is 10.2. The number of halogens is 1. The summed E-state index contributed by atoms with van der Waals surface area (Å²) in [7, 11) is 0. The topological polar surface area (TPSA) is 80.0 Å². The molecule has 1 aromatic heterocycles. The number of thioether (sulfide) groups is 1. The fourth-order valence-electron chi connectivity index (χ4n) is 1.38. The number of amides is 1. The van der Waals surface area contributed by atoms with E-state index < -0.39 is 0 Å². The average Bonchev–Trinajstić information content (AvgIpc) is 2.37. The fraction of sp³-hybridized carbons (Fsp3) is 0.455. The molecule has 0 saturated carbocycles. The van der Waals surface area contributed by atoms with Crippen molar-refractivity contribution in [3.05, 3.63) is 22.8 Å². The van der Waals surface area contributed by atoms with E-state index in [1.54, 1.807) is 23.9 Å². The monoisotopic (exact) mass is 288 g/mol. The molecule has 100 valence electrons. The number of nitrogens with one attached hydrogen (secondary N) is 2. The molecule has 0 aliphatic heterocycles. The molecule has 0 aromatic carbocycles. The van der Waals surface area contributed by atoms with Gasteiger partial charge in [-0.05, 0) is 30.1 Å². The number of nitrogens with zero attached hydrogens (tertiary/aromatic N) is 1. The van der Waals surface area contributed by atoms with Crippen molar-refractivity contribution in [3.8, 4) is 0 Å². The lowest BCUT2D eigenvalue weighted by molar-refractivity contribution is 0.0944. The third-order valence-corrected chi connectivity index (χ3v) is 3.48. The van der Waals surface area contributed by atoms with Crippen LogP contribution in [-0.2, 0) is 0 Å². The number of pyridine rings is 1. The van der Waals surface area contributed by atoms with E-state index in [2.05, 4.69) is 22.7 Å². The Labute approximate surface area is 116 Å². The summed E-state index contributed by atoms with van der Waals surface area (Å²) >= 11 is 7.68. The van der Waals surface area contributed by atoms with Gasteiger partial charge in [-0.15, -0.1) is 0 Å². The average molecular weight is 289 g/mol. The number of carbonyl (C=O) groups is 1. The molecule has 0 spiro atoms. The first-order valence-corrected chi connectivity index (χ1v) is 7.26. The maximum Gasteiger partial charge on any atom is 0.271 e. The second-order valence-corrected chi connectivity index (χ2v) is 5.26. The number of rotatable bonds is 6. The number of hydrogen-bond donors (Lipinski definition) is 3. The van der Waals surface area contributed by atoms with Gasteiger partial charge in [0, 0.05) is 6.54 Å². The number of aromatic nitrogens is 1. The summed E-state index contributed by atoms with van der Waals surface area (Å²) in [6.45, 7) is 2.67. The lowest BCUT2D eigenvalue weighted by Crippen LogP contribution is -2.30. The molecular weight excluding hydrogens is 272 g/mol. The van der Waals surface area contributed by atoms with Gasteiger partial charge in [-0.3, -0.25) is 4.79 Å². The Hall–Kier alpha value is -0.980. The number of hydrazine groups is 1. The molecular formula is C11H17ClN4OS. The molecule has 0 saturated heterocycles. The first-order valence-electron chi connectivity index (χ1n) is 5.48. The Bertz CT molecular complexity index is 416. The Morgan fingerprint density at radius 1 is 1.61 bits per heavy atom. The molecule has 0 fully saturated rings. The van der Waals surface area contributed by atoms with Crippen LogP contribution in [0.2, 0.25) is 5.02 Å². The molecule has 1 heterocycles. The Morgan fingerprint density at radius 2 is 2.33 bits per heavy atom. The van der Waals surface area contributed by atoms with E-state index in [0.29, 0.717) is 23.3 Å². The zero-order valence-corrected chi connectivity index (χ0v) is 11.9. The van der Waals surface area contributed by atoms with Crippen molar-refractivity contribution in [2.75, 3.05) is 24.0 Å². The maximum absolute atomic E-state index is 11.9. The highest BCUT2D eigenvalue weighted by molar-refractivity contribution is 7.98. The predicted molar refractivity (Wildman–Crippen MR) is 76.9 cm³/mol. The summed E-state index contributed by atoms with van der Waals surface area (Å²) in [5.41, 5.74) is 2.57. The summed E-state index contributed by atoms with van der Waals surface area (Å²) in [5.74, 6) is 6.75. The van der Waals surface area contributed by atoms with Gasteiger partial charge in [-0.1, -0.05) is 18.5 Å². The standard InChI is InChI=1S/C11H17ClN4OS/c1-7(6-18-2)5-14-11(17)10-8(12)3-4-9(15-10)16-13/h3-4,7H,5-6,13H2,1-2H3,(H,14,17)(H,15,16). The van der Waals surface area contributed by atoms with Gasteiger partial charge in [0.25, 0.3) is 5.91 Å². The summed E-state index contributed by atoms with van der Waals surface area (Å²) in [6, 6.07) is 3.19. The minimum atomic E-state index is -0.287. The van der Waals surface area contributed by atoms with Crippen molar-refractivity contribution in [1.29, 1.82) is 0 Å². The zero-order valence-electron chi connectivity index (χ0n) is 10.4. The van der Waals surface area contributed by atoms with Gasteiger partial charge in [0.05, 0.1) is 5.02 Å². The van der Waals surface area contributed by atoms with E-state index in [1.165, 1.54) is 0 Å². The van der Waals surface area contributed by atoms with E-state index in [-0.39, 0.29) is 11.6 Å². The van der Waals surface area contributed by atoms with E-state index in [0.717, 1.165) is 5.75 Å². The number of carbonyl (C=O) groups excluding carboxylic acids is 1. The molecule has 4 N–H and O–H groups in total. The van der Waals surface area contributed by atoms with Crippen LogP contribution in [0.4, 0.5) is 5.82 Å². The van der Waals surface area contributed by atoms with Crippen molar-refractivity contribution in [3.63, 3.8) is 0 Å². The normalized spacial score (nSPS) is 12.0. The fourth-order valence-corrected chi connectivity index (χ4v) is 2.25. The number of nitrogens with two attached hydrogens (primary N) is 1. The van der Waals surface area contributed by atoms with E-state index >= 15 is 0 Å². The highest BCUT2D eigenvalue weighted by atomic mass is 35.5. The van der Waals surface area contributed by atoms with Crippen LogP contribution < -0.4 is 16.6 Å². The molecule has 0 radical (unpaired) electrons. The van der Waals surface area contributed by atoms with Gasteiger partial charge < -0.3 is 10.7 Å². The predicted octanol–water partition coefficient (Wildman–Crippen LogP) is 1.75. The van der Waals surface area contributed by atoms with Crippen LogP contribution in [0.1, 0.15) is 17.4 Å². The van der Waals surface area contributed by atoms with Gasteiger partial charge in [-0.25, -0.2) is 10.8 Å². The summed E-state index contributed by atoms with van der Waals surface area (Å²) in [5, 5.41) is 3.12. The Morgan fingerprint density at radius 3 is 2.94 bits per heavy atom. The second kappa shape index (κ2) is 7.45. The smallest absolute Gasteiger partial charge is 0.271 e. The highest BCUT2D eigenvalue weighted by Gasteiger charge is 2.13. The van der Waals surface area contributed by atoms with Crippen LogP contribution in [0.3, 0.4) is 0 Å². The molecule has 1 unspecified atom stereocenters. The van der Waals surface area contributed by atoms with Crippen LogP contribution in [-0.4, -0.2) is 29.4 Å². The van der Waals surface area contributed by atoms with Gasteiger partial charge in [-0.2, -0.15) is 11.8 Å². The van der Waals surface area contributed by atoms with Crippen LogP contribution in [0.25, 0.3) is 0 Å². The van der Waals surface area contributed by atoms with E-state index in [1.807, 2.05) is 6.26 Å². The number of hydrogen-bond acceptors (Lipinski definition) is 5. The molecule has 1 aromatic rings. The number of anilines is 1. The van der Waals surface area contributed by atoms with Crippen LogP contribution in [0.5, 0.6) is 0 Å². The van der Waals surface area contributed by atoms with Crippen LogP contribution in [0, 0.1) is 5.92 Å². The largest absolute Gasteiger partial charge is 0.350 e. The van der Waals surface area contributed by atoms with Gasteiger partial charge in [0.2, 0.25) is 0 Å². The van der Waals surface area contributed by atoms with Crippen LogP contribution >= 0.6 is 23.4 Å². The lowest BCUT2D eigenvalue weighted by Gasteiger charge is -2.11. The van der Waals surface area contributed by atoms with Gasteiger partial charge in [0.15, 0.2) is 0 Å². The minimum absolute atomic E-state index is 0.184.